The van der Waals surface area contributed by atoms with Gasteiger partial charge < -0.3 is 18.9 Å². The summed E-state index contributed by atoms with van der Waals surface area (Å²) in [6.45, 7) is 5.73. The molecule has 0 aliphatic rings. The maximum Gasteiger partial charge on any atom is 0.472 e. The summed E-state index contributed by atoms with van der Waals surface area (Å²) in [4.78, 5) is 23.1. The van der Waals surface area contributed by atoms with Crippen LogP contribution < -0.4 is 0 Å². The number of phosphoric acid groups is 1. The molecule has 0 rings (SSSR count). The number of esters is 1. The Kier molecular flexibility index (Phi) is 55.3. The second-order valence-corrected chi connectivity index (χ2v) is 24.6. The number of rotatable bonds is 61. The number of ether oxygens (including phenoxy) is 2. The van der Waals surface area contributed by atoms with Gasteiger partial charge in [0.1, 0.15) is 19.3 Å². The summed E-state index contributed by atoms with van der Waals surface area (Å²) in [6.07, 6.45) is 66.2. The van der Waals surface area contributed by atoms with Crippen LogP contribution in [0.1, 0.15) is 335 Å². The summed E-state index contributed by atoms with van der Waals surface area (Å²) in [5, 5.41) is 0. The number of nitrogens with zero attached hydrogens (tertiary/aromatic N) is 1. The lowest BCUT2D eigenvalue weighted by atomic mass is 10.0. The van der Waals surface area contributed by atoms with Crippen LogP contribution in [-0.4, -0.2) is 75.6 Å². The fourth-order valence-electron chi connectivity index (χ4n) is 9.80. The highest BCUT2D eigenvalue weighted by Crippen LogP contribution is 2.43. The molecule has 0 amide bonds. The Bertz CT molecular complexity index is 1100. The van der Waals surface area contributed by atoms with E-state index < -0.39 is 13.9 Å². The molecule has 0 aromatic carbocycles. The van der Waals surface area contributed by atoms with Crippen molar-refractivity contribution in [3.8, 4) is 0 Å². The van der Waals surface area contributed by atoms with E-state index in [0.717, 1.165) is 32.1 Å². The fraction of sp³-hybridized carbons (Fsp3) is 0.984. The first-order valence-corrected chi connectivity index (χ1v) is 33.3. The zero-order chi connectivity index (χ0) is 51.9. The van der Waals surface area contributed by atoms with Crippen molar-refractivity contribution in [1.29, 1.82) is 0 Å². The lowest BCUT2D eigenvalue weighted by molar-refractivity contribution is -0.870. The molecule has 0 aliphatic carbocycles. The van der Waals surface area contributed by atoms with Crippen LogP contribution in [-0.2, 0) is 27.9 Å². The molecule has 9 heteroatoms. The number of phosphoric ester groups is 1. The Morgan fingerprint density at radius 1 is 0.380 bits per heavy atom. The first-order chi connectivity index (χ1) is 34.6. The molecule has 0 aliphatic heterocycles. The van der Waals surface area contributed by atoms with Gasteiger partial charge in [0.05, 0.1) is 34.4 Å². The molecule has 2 atom stereocenters. The Balaban J connectivity index is 3.95. The number of likely N-dealkylation sites (N-methyl/N-ethyl adjacent to an activating group) is 1. The number of quaternary nitrogens is 1. The van der Waals surface area contributed by atoms with E-state index >= 15 is 0 Å². The molecule has 0 fully saturated rings. The average molecular weight is 1030 g/mol. The third-order valence-electron chi connectivity index (χ3n) is 14.7. The van der Waals surface area contributed by atoms with Crippen molar-refractivity contribution < 1.29 is 37.3 Å². The fourth-order valence-corrected chi connectivity index (χ4v) is 10.5. The van der Waals surface area contributed by atoms with E-state index in [4.69, 9.17) is 18.5 Å². The summed E-state index contributed by atoms with van der Waals surface area (Å²) in [6, 6.07) is 0. The second kappa shape index (κ2) is 55.7. The summed E-state index contributed by atoms with van der Waals surface area (Å²) in [5.74, 6) is -0.301. The van der Waals surface area contributed by atoms with Crippen molar-refractivity contribution in [3.63, 3.8) is 0 Å². The lowest BCUT2D eigenvalue weighted by Crippen LogP contribution is -2.37. The molecule has 0 heterocycles. The van der Waals surface area contributed by atoms with Crippen LogP contribution in [0.2, 0.25) is 0 Å². The van der Waals surface area contributed by atoms with Gasteiger partial charge in [-0.3, -0.25) is 13.8 Å². The van der Waals surface area contributed by atoms with E-state index in [1.807, 2.05) is 21.1 Å². The minimum atomic E-state index is -4.28. The standard InChI is InChI=1S/C62H126NO7P/c1-6-8-10-12-14-16-18-20-22-24-26-28-30-31-32-34-36-38-40-42-44-46-48-50-52-54-57-67-59-61(60-69-71(65,66)68-58-56-63(3,4)5)70-62(64)55-53-51-49-47-45-43-41-39-37-35-33-29-27-25-23-21-19-17-15-13-11-9-7-2/h61H,6-60H2,1-5H3/p+1. The third kappa shape index (κ3) is 60.2. The average Bonchev–Trinajstić information content (AvgIpc) is 3.33. The number of hydrogen-bond donors (Lipinski definition) is 1. The zero-order valence-corrected chi connectivity index (χ0v) is 49.7. The molecule has 71 heavy (non-hydrogen) atoms. The van der Waals surface area contributed by atoms with E-state index in [9.17, 15) is 14.3 Å². The maximum absolute atomic E-state index is 12.8. The molecule has 2 unspecified atom stereocenters. The summed E-state index contributed by atoms with van der Waals surface area (Å²) in [7, 11) is 1.70. The first-order valence-electron chi connectivity index (χ1n) is 31.8. The van der Waals surface area contributed by atoms with Crippen LogP contribution in [0.4, 0.5) is 0 Å². The molecule has 0 saturated carbocycles. The Morgan fingerprint density at radius 3 is 0.930 bits per heavy atom. The summed E-state index contributed by atoms with van der Waals surface area (Å²) in [5.41, 5.74) is 0. The molecular formula is C62H127NO7P+. The topological polar surface area (TPSA) is 91.3 Å². The van der Waals surface area contributed by atoms with E-state index in [1.54, 1.807) is 0 Å². The van der Waals surface area contributed by atoms with Gasteiger partial charge in [-0.2, -0.15) is 0 Å². The van der Waals surface area contributed by atoms with Gasteiger partial charge in [0.2, 0.25) is 0 Å². The van der Waals surface area contributed by atoms with E-state index in [2.05, 4.69) is 13.8 Å². The Hall–Kier alpha value is -0.500. The van der Waals surface area contributed by atoms with Gasteiger partial charge in [-0.15, -0.1) is 0 Å². The van der Waals surface area contributed by atoms with Crippen LogP contribution in [0, 0.1) is 0 Å². The van der Waals surface area contributed by atoms with E-state index in [0.29, 0.717) is 24.1 Å². The molecular weight excluding hydrogens is 902 g/mol. The number of carbonyl (C=O) groups is 1. The predicted molar refractivity (Wildman–Crippen MR) is 308 cm³/mol. The smallest absolute Gasteiger partial charge is 0.457 e. The maximum atomic E-state index is 12.8. The second-order valence-electron chi connectivity index (χ2n) is 23.2. The third-order valence-corrected chi connectivity index (χ3v) is 15.7. The molecule has 0 bridgehead atoms. The van der Waals surface area contributed by atoms with Crippen LogP contribution >= 0.6 is 7.82 Å². The van der Waals surface area contributed by atoms with Gasteiger partial charge in [-0.05, 0) is 12.8 Å². The minimum absolute atomic E-state index is 0.0946. The predicted octanol–water partition coefficient (Wildman–Crippen LogP) is 20.3. The van der Waals surface area contributed by atoms with Crippen molar-refractivity contribution >= 4 is 13.8 Å². The van der Waals surface area contributed by atoms with Crippen molar-refractivity contribution in [1.82, 2.24) is 0 Å². The minimum Gasteiger partial charge on any atom is -0.457 e. The van der Waals surface area contributed by atoms with Gasteiger partial charge in [0.15, 0.2) is 0 Å². The molecule has 1 N–H and O–H groups in total. The summed E-state index contributed by atoms with van der Waals surface area (Å²) < 4.78 is 35.4. The molecule has 0 radical (unpaired) electrons. The van der Waals surface area contributed by atoms with Crippen LogP contribution in [0.5, 0.6) is 0 Å². The molecule has 0 spiro atoms. The van der Waals surface area contributed by atoms with E-state index in [-0.39, 0.29) is 25.8 Å². The monoisotopic (exact) mass is 1030 g/mol. The van der Waals surface area contributed by atoms with Gasteiger partial charge in [0, 0.05) is 13.0 Å². The Labute approximate surface area is 444 Å². The van der Waals surface area contributed by atoms with Crippen molar-refractivity contribution in [3.05, 3.63) is 0 Å². The number of carbonyl (C=O) groups excluding carboxylic acids is 1. The highest BCUT2D eigenvalue weighted by molar-refractivity contribution is 7.47. The van der Waals surface area contributed by atoms with Gasteiger partial charge in [0.25, 0.3) is 0 Å². The van der Waals surface area contributed by atoms with Crippen molar-refractivity contribution in [2.24, 2.45) is 0 Å². The highest BCUT2D eigenvalue weighted by Gasteiger charge is 2.26. The molecule has 426 valence electrons. The Morgan fingerprint density at radius 2 is 0.648 bits per heavy atom. The van der Waals surface area contributed by atoms with E-state index in [1.165, 1.54) is 283 Å². The zero-order valence-electron chi connectivity index (χ0n) is 48.8. The highest BCUT2D eigenvalue weighted by atomic mass is 31.2. The molecule has 0 saturated heterocycles. The molecule has 0 aromatic rings. The largest absolute Gasteiger partial charge is 0.472 e. The molecule has 0 aromatic heterocycles. The van der Waals surface area contributed by atoms with Gasteiger partial charge in [-0.25, -0.2) is 4.57 Å². The summed E-state index contributed by atoms with van der Waals surface area (Å²) >= 11 is 0. The normalized spacial score (nSPS) is 13.3. The van der Waals surface area contributed by atoms with Crippen LogP contribution in [0.25, 0.3) is 0 Å². The molecule has 8 nitrogen and oxygen atoms in total. The van der Waals surface area contributed by atoms with Gasteiger partial charge >= 0.3 is 13.8 Å². The number of unbranched alkanes of at least 4 members (excludes halogenated alkanes) is 47. The first kappa shape index (κ1) is 70.5. The van der Waals surface area contributed by atoms with Crippen LogP contribution in [0.15, 0.2) is 0 Å². The SMILES string of the molecule is CCCCCCCCCCCCCCCCCCCCCCCCCCCCOCC(COP(=O)(O)OCC[N+](C)(C)C)OC(=O)CCCCCCCCCCCCCCCCCCCCCCCCC. The quantitative estimate of drug-likeness (QED) is 0.0281. The van der Waals surface area contributed by atoms with Gasteiger partial charge in [-0.1, -0.05) is 316 Å². The van der Waals surface area contributed by atoms with Crippen molar-refractivity contribution in [2.45, 2.75) is 341 Å². The number of hydrogen-bond acceptors (Lipinski definition) is 6. The van der Waals surface area contributed by atoms with Crippen LogP contribution in [0.3, 0.4) is 0 Å². The lowest BCUT2D eigenvalue weighted by Gasteiger charge is -2.24. The van der Waals surface area contributed by atoms with Crippen molar-refractivity contribution in [2.75, 3.05) is 54.1 Å².